The molecule has 0 aliphatic rings. The Morgan fingerprint density at radius 1 is 1.27 bits per heavy atom. The number of hydrogen-bond donors (Lipinski definition) is 2. The number of thiophene rings is 1. The third-order valence-electron chi connectivity index (χ3n) is 4.32. The van der Waals surface area contributed by atoms with E-state index in [0.29, 0.717) is 11.6 Å². The van der Waals surface area contributed by atoms with Crippen LogP contribution in [0.1, 0.15) is 41.4 Å². The van der Waals surface area contributed by atoms with Gasteiger partial charge in [0.05, 0.1) is 11.1 Å². The molecule has 0 fully saturated rings. The molecule has 0 aliphatic heterocycles. The molecule has 10 nitrogen and oxygen atoms in total. The number of hydrogen-bond acceptors (Lipinski definition) is 9. The van der Waals surface area contributed by atoms with E-state index in [9.17, 15) is 4.79 Å². The van der Waals surface area contributed by atoms with Crippen LogP contribution in [0.2, 0.25) is 0 Å². The van der Waals surface area contributed by atoms with E-state index in [1.165, 1.54) is 21.6 Å². The number of anilines is 1. The summed E-state index contributed by atoms with van der Waals surface area (Å²) >= 11 is 1.41. The van der Waals surface area contributed by atoms with Crippen LogP contribution in [-0.2, 0) is 0 Å². The number of carbonyl (C=O) groups is 1. The second kappa shape index (κ2) is 8.25. The van der Waals surface area contributed by atoms with Crippen molar-refractivity contribution < 1.29 is 9.42 Å². The second-order valence-electron chi connectivity index (χ2n) is 6.67. The summed E-state index contributed by atoms with van der Waals surface area (Å²) in [4.78, 5) is 13.5. The Hall–Kier alpha value is -3.86. The van der Waals surface area contributed by atoms with Gasteiger partial charge in [-0.25, -0.2) is 10.1 Å². The molecule has 3 N–H and O–H groups in total. The number of amides is 1. The third kappa shape index (κ3) is 3.82. The van der Waals surface area contributed by atoms with Gasteiger partial charge < -0.3 is 5.73 Å². The Kier molecular flexibility index (Phi) is 5.35. The number of carbonyl (C=O) groups excluding carboxylic acids is 1. The minimum atomic E-state index is -0.519. The number of nitrogens with zero attached hydrogens (tertiary/aromatic N) is 6. The van der Waals surface area contributed by atoms with Gasteiger partial charge in [-0.3, -0.25) is 4.79 Å². The van der Waals surface area contributed by atoms with Crippen LogP contribution in [0.4, 0.5) is 5.82 Å². The van der Waals surface area contributed by atoms with Gasteiger partial charge in [-0.1, -0.05) is 49.4 Å². The molecule has 0 radical (unpaired) electrons. The molecule has 1 amide bonds. The first kappa shape index (κ1) is 19.5. The maximum absolute atomic E-state index is 12.7. The van der Waals surface area contributed by atoms with Crippen LogP contribution in [0.15, 0.2) is 51.5 Å². The van der Waals surface area contributed by atoms with Crippen LogP contribution >= 0.6 is 11.3 Å². The van der Waals surface area contributed by atoms with Crippen LogP contribution < -0.4 is 11.2 Å². The number of hydrazone groups is 1. The predicted octanol–water partition coefficient (Wildman–Crippen LogP) is 2.85. The molecule has 0 unspecified atom stereocenters. The highest BCUT2D eigenvalue weighted by Gasteiger charge is 2.25. The van der Waals surface area contributed by atoms with Crippen molar-refractivity contribution in [1.82, 2.24) is 30.7 Å². The summed E-state index contributed by atoms with van der Waals surface area (Å²) in [7, 11) is 0. The number of aromatic nitrogens is 5. The van der Waals surface area contributed by atoms with E-state index in [-0.39, 0.29) is 17.3 Å². The molecule has 3 heterocycles. The van der Waals surface area contributed by atoms with Gasteiger partial charge in [0.2, 0.25) is 11.6 Å². The van der Waals surface area contributed by atoms with Crippen molar-refractivity contribution in [3.8, 4) is 16.4 Å². The first-order chi connectivity index (χ1) is 14.5. The van der Waals surface area contributed by atoms with Gasteiger partial charge >= 0.3 is 0 Å². The molecule has 0 saturated carbocycles. The fourth-order valence-corrected chi connectivity index (χ4v) is 3.50. The van der Waals surface area contributed by atoms with E-state index >= 15 is 0 Å². The Morgan fingerprint density at radius 3 is 2.70 bits per heavy atom. The van der Waals surface area contributed by atoms with Crippen LogP contribution in [-0.4, -0.2) is 37.4 Å². The number of nitrogens with one attached hydrogen (secondary N) is 1. The smallest absolute Gasteiger partial charge is 0.294 e. The van der Waals surface area contributed by atoms with Gasteiger partial charge in [-0.05, 0) is 38.8 Å². The number of rotatable bonds is 6. The molecule has 0 saturated heterocycles. The monoisotopic (exact) mass is 422 g/mol. The Bertz CT molecular complexity index is 1180. The molecule has 30 heavy (non-hydrogen) atoms. The standard InChI is InChI=1S/C19H18N8O2S/c1-11(2)13-7-5-12(6-8-13)10-21-23-19(28)15-16(14-4-3-9-30-14)27(26-22-15)18-17(20)24-29-25-18/h3-11H,1-2H3,(H2,20,24)(H,23,28). The quantitative estimate of drug-likeness (QED) is 0.360. The van der Waals surface area contributed by atoms with E-state index in [4.69, 9.17) is 5.73 Å². The van der Waals surface area contributed by atoms with E-state index in [2.05, 4.69) is 49.6 Å². The summed E-state index contributed by atoms with van der Waals surface area (Å²) < 4.78 is 5.96. The lowest BCUT2D eigenvalue weighted by Crippen LogP contribution is -2.19. The highest BCUT2D eigenvalue weighted by atomic mass is 32.1. The molecule has 0 atom stereocenters. The Morgan fingerprint density at radius 2 is 2.07 bits per heavy atom. The predicted molar refractivity (Wildman–Crippen MR) is 113 cm³/mol. The van der Waals surface area contributed by atoms with Crippen molar-refractivity contribution in [2.45, 2.75) is 19.8 Å². The molecule has 3 aromatic heterocycles. The molecule has 152 valence electrons. The van der Waals surface area contributed by atoms with E-state index in [1.807, 2.05) is 41.8 Å². The average molecular weight is 422 g/mol. The summed E-state index contributed by atoms with van der Waals surface area (Å²) in [6.45, 7) is 4.26. The van der Waals surface area contributed by atoms with Gasteiger partial charge in [0, 0.05) is 0 Å². The van der Waals surface area contributed by atoms with E-state index in [1.54, 1.807) is 6.21 Å². The molecular weight excluding hydrogens is 404 g/mol. The minimum Gasteiger partial charge on any atom is -0.378 e. The largest absolute Gasteiger partial charge is 0.378 e. The fourth-order valence-electron chi connectivity index (χ4n) is 2.74. The molecule has 4 aromatic rings. The van der Waals surface area contributed by atoms with Crippen molar-refractivity contribution in [3.63, 3.8) is 0 Å². The van der Waals surface area contributed by atoms with Crippen LogP contribution in [0, 0.1) is 0 Å². The molecule has 0 aliphatic carbocycles. The highest BCUT2D eigenvalue weighted by molar-refractivity contribution is 7.13. The molecule has 11 heteroatoms. The van der Waals surface area contributed by atoms with E-state index in [0.717, 1.165) is 10.4 Å². The molecule has 4 rings (SSSR count). The first-order valence-corrected chi connectivity index (χ1v) is 9.94. The summed E-state index contributed by atoms with van der Waals surface area (Å²) in [6.07, 6.45) is 1.57. The van der Waals surface area contributed by atoms with Gasteiger partial charge in [0.15, 0.2) is 5.69 Å². The number of benzene rings is 1. The van der Waals surface area contributed by atoms with Crippen molar-refractivity contribution >= 4 is 29.3 Å². The van der Waals surface area contributed by atoms with Gasteiger partial charge in [0.25, 0.3) is 5.91 Å². The lowest BCUT2D eigenvalue weighted by atomic mass is 10.0. The summed E-state index contributed by atoms with van der Waals surface area (Å²) in [5.74, 6) is 0.115. The minimum absolute atomic E-state index is 0.0347. The lowest BCUT2D eigenvalue weighted by molar-refractivity contribution is 0.0951. The zero-order valence-corrected chi connectivity index (χ0v) is 17.0. The molecular formula is C19H18N8O2S. The first-order valence-electron chi connectivity index (χ1n) is 9.06. The maximum Gasteiger partial charge on any atom is 0.294 e. The Balaban J connectivity index is 1.58. The number of nitrogens with two attached hydrogens (primary N) is 1. The lowest BCUT2D eigenvalue weighted by Gasteiger charge is -2.04. The zero-order chi connectivity index (χ0) is 21.1. The SMILES string of the molecule is CC(C)c1ccc(C=NNC(=O)c2nnn(-c3nonc3N)c2-c2cccs2)cc1. The van der Waals surface area contributed by atoms with Gasteiger partial charge in [-0.15, -0.1) is 16.4 Å². The van der Waals surface area contributed by atoms with Gasteiger partial charge in [-0.2, -0.15) is 9.78 Å². The second-order valence-corrected chi connectivity index (χ2v) is 7.62. The van der Waals surface area contributed by atoms with Crippen LogP contribution in [0.25, 0.3) is 16.4 Å². The van der Waals surface area contributed by atoms with Crippen LogP contribution in [0.3, 0.4) is 0 Å². The van der Waals surface area contributed by atoms with Gasteiger partial charge in [0.1, 0.15) is 5.69 Å². The maximum atomic E-state index is 12.7. The molecule has 0 spiro atoms. The zero-order valence-electron chi connectivity index (χ0n) is 16.2. The topological polar surface area (TPSA) is 137 Å². The summed E-state index contributed by atoms with van der Waals surface area (Å²) in [5, 5.41) is 21.2. The highest BCUT2D eigenvalue weighted by Crippen LogP contribution is 2.29. The summed E-state index contributed by atoms with van der Waals surface area (Å²) in [6, 6.07) is 11.6. The molecule has 0 bridgehead atoms. The van der Waals surface area contributed by atoms with Crippen molar-refractivity contribution in [1.29, 1.82) is 0 Å². The fraction of sp³-hybridized carbons (Fsp3) is 0.158. The average Bonchev–Trinajstić information content (AvgIpc) is 3.48. The van der Waals surface area contributed by atoms with Crippen molar-refractivity contribution in [2.75, 3.05) is 5.73 Å². The van der Waals surface area contributed by atoms with Crippen molar-refractivity contribution in [2.24, 2.45) is 5.10 Å². The normalized spacial score (nSPS) is 11.4. The number of nitrogen functional groups attached to an aromatic ring is 1. The van der Waals surface area contributed by atoms with E-state index < -0.39 is 5.91 Å². The van der Waals surface area contributed by atoms with Crippen LogP contribution in [0.5, 0.6) is 0 Å². The summed E-state index contributed by atoms with van der Waals surface area (Å²) in [5.41, 5.74) is 10.9. The van der Waals surface area contributed by atoms with Crippen molar-refractivity contribution in [3.05, 3.63) is 58.6 Å². The molecule has 1 aromatic carbocycles. The Labute approximate surface area is 175 Å². The third-order valence-corrected chi connectivity index (χ3v) is 5.20.